The Kier molecular flexibility index (Phi) is 5.55. The summed E-state index contributed by atoms with van der Waals surface area (Å²) in [4.78, 5) is 14.3. The summed E-state index contributed by atoms with van der Waals surface area (Å²) in [5, 5.41) is 3.30. The summed E-state index contributed by atoms with van der Waals surface area (Å²) in [6.45, 7) is 3.52. The highest BCUT2D eigenvalue weighted by molar-refractivity contribution is 5.83. The van der Waals surface area contributed by atoms with Crippen molar-refractivity contribution in [1.29, 1.82) is 0 Å². The molecule has 0 bridgehead atoms. The lowest BCUT2D eigenvalue weighted by Gasteiger charge is -2.24. The summed E-state index contributed by atoms with van der Waals surface area (Å²) in [5.41, 5.74) is 1.34. The van der Waals surface area contributed by atoms with E-state index in [9.17, 15) is 4.79 Å². The van der Waals surface area contributed by atoms with Crippen LogP contribution in [-0.4, -0.2) is 43.9 Å². The number of Topliss-reactive ketones (excluding diaryl/α,β-unsaturated/α-hetero) is 1. The van der Waals surface area contributed by atoms with Gasteiger partial charge in [-0.2, -0.15) is 0 Å². The Morgan fingerprint density at radius 1 is 1.26 bits per heavy atom. The summed E-state index contributed by atoms with van der Waals surface area (Å²) in [7, 11) is 2.04. The van der Waals surface area contributed by atoms with Crippen LogP contribution in [0, 0.1) is 5.92 Å². The van der Waals surface area contributed by atoms with Crippen LogP contribution in [0.4, 0.5) is 0 Å². The zero-order valence-electron chi connectivity index (χ0n) is 11.8. The molecular weight excluding hydrogens is 236 g/mol. The van der Waals surface area contributed by atoms with Crippen LogP contribution in [0.1, 0.15) is 18.4 Å². The average molecular weight is 260 g/mol. The van der Waals surface area contributed by atoms with Crippen molar-refractivity contribution in [3.05, 3.63) is 35.9 Å². The van der Waals surface area contributed by atoms with Gasteiger partial charge in [-0.1, -0.05) is 30.3 Å². The maximum Gasteiger partial charge on any atom is 0.149 e. The number of rotatable bonds is 6. The summed E-state index contributed by atoms with van der Waals surface area (Å²) >= 11 is 0. The molecule has 1 aromatic carbocycles. The number of carbonyl (C=O) groups is 1. The maximum absolute atomic E-state index is 12.2. The van der Waals surface area contributed by atoms with E-state index in [0.29, 0.717) is 12.3 Å². The minimum absolute atomic E-state index is 0.278. The zero-order valence-corrected chi connectivity index (χ0v) is 11.8. The Morgan fingerprint density at radius 3 is 2.63 bits per heavy atom. The minimum atomic E-state index is 0.278. The summed E-state index contributed by atoms with van der Waals surface area (Å²) in [5.74, 6) is 0.692. The normalized spacial score (nSPS) is 16.7. The molecule has 1 aliphatic heterocycles. The van der Waals surface area contributed by atoms with Crippen LogP contribution in [0.15, 0.2) is 30.3 Å². The first-order valence-electron chi connectivity index (χ1n) is 7.21. The molecule has 1 heterocycles. The number of hydrogen-bond acceptors (Lipinski definition) is 3. The zero-order chi connectivity index (χ0) is 13.5. The molecule has 1 saturated heterocycles. The lowest BCUT2D eigenvalue weighted by atomic mass is 9.93. The van der Waals surface area contributed by atoms with Crippen molar-refractivity contribution in [1.82, 2.24) is 10.2 Å². The van der Waals surface area contributed by atoms with Gasteiger partial charge in [0.1, 0.15) is 5.78 Å². The number of piperidine rings is 1. The number of hydrogen-bond donors (Lipinski definition) is 1. The van der Waals surface area contributed by atoms with Gasteiger partial charge in [0.05, 0.1) is 6.54 Å². The SMILES string of the molecule is CN(CCc1ccccc1)CC(=O)C1CCNCC1. The van der Waals surface area contributed by atoms with E-state index >= 15 is 0 Å². The molecule has 0 radical (unpaired) electrons. The lowest BCUT2D eigenvalue weighted by molar-refractivity contribution is -0.124. The first-order chi connectivity index (χ1) is 9.25. The second-order valence-corrected chi connectivity index (χ2v) is 5.46. The first kappa shape index (κ1) is 14.2. The molecule has 3 heteroatoms. The van der Waals surface area contributed by atoms with Crippen molar-refractivity contribution in [2.75, 3.05) is 33.2 Å². The summed E-state index contributed by atoms with van der Waals surface area (Å²) in [6, 6.07) is 10.4. The first-order valence-corrected chi connectivity index (χ1v) is 7.21. The smallest absolute Gasteiger partial charge is 0.149 e. The van der Waals surface area contributed by atoms with Crippen molar-refractivity contribution < 1.29 is 4.79 Å². The van der Waals surface area contributed by atoms with E-state index in [-0.39, 0.29) is 5.92 Å². The van der Waals surface area contributed by atoms with Crippen LogP contribution >= 0.6 is 0 Å². The quantitative estimate of drug-likeness (QED) is 0.845. The second-order valence-electron chi connectivity index (χ2n) is 5.46. The molecule has 1 fully saturated rings. The van der Waals surface area contributed by atoms with Crippen molar-refractivity contribution in [2.24, 2.45) is 5.92 Å². The van der Waals surface area contributed by atoms with Gasteiger partial charge in [-0.05, 0) is 45.0 Å². The van der Waals surface area contributed by atoms with E-state index in [1.165, 1.54) is 5.56 Å². The molecule has 3 nitrogen and oxygen atoms in total. The van der Waals surface area contributed by atoms with Gasteiger partial charge < -0.3 is 5.32 Å². The van der Waals surface area contributed by atoms with E-state index in [4.69, 9.17) is 0 Å². The number of likely N-dealkylation sites (N-methyl/N-ethyl adjacent to an activating group) is 1. The van der Waals surface area contributed by atoms with E-state index in [1.54, 1.807) is 0 Å². The third-order valence-corrected chi connectivity index (χ3v) is 3.85. The number of benzene rings is 1. The molecule has 19 heavy (non-hydrogen) atoms. The summed E-state index contributed by atoms with van der Waals surface area (Å²) in [6.07, 6.45) is 3.02. The molecule has 1 aromatic rings. The van der Waals surface area contributed by atoms with E-state index < -0.39 is 0 Å². The van der Waals surface area contributed by atoms with Crippen LogP contribution in [-0.2, 0) is 11.2 Å². The number of carbonyl (C=O) groups excluding carboxylic acids is 1. The molecular formula is C16H24N2O. The Hall–Kier alpha value is -1.19. The molecule has 1 N–H and O–H groups in total. The predicted octanol–water partition coefficient (Wildman–Crippen LogP) is 1.73. The monoisotopic (exact) mass is 260 g/mol. The van der Waals surface area contributed by atoms with Crippen molar-refractivity contribution in [3.63, 3.8) is 0 Å². The maximum atomic E-state index is 12.2. The van der Waals surface area contributed by atoms with E-state index in [1.807, 2.05) is 13.1 Å². The highest BCUT2D eigenvalue weighted by atomic mass is 16.1. The third-order valence-electron chi connectivity index (χ3n) is 3.85. The van der Waals surface area contributed by atoms with Gasteiger partial charge >= 0.3 is 0 Å². The largest absolute Gasteiger partial charge is 0.317 e. The molecule has 0 aliphatic carbocycles. The number of nitrogens with one attached hydrogen (secondary N) is 1. The molecule has 104 valence electrons. The summed E-state index contributed by atoms with van der Waals surface area (Å²) < 4.78 is 0. The van der Waals surface area contributed by atoms with Crippen molar-refractivity contribution in [3.8, 4) is 0 Å². The van der Waals surface area contributed by atoms with Crippen LogP contribution in [0.5, 0.6) is 0 Å². The fraction of sp³-hybridized carbons (Fsp3) is 0.562. The fourth-order valence-electron chi connectivity index (χ4n) is 2.58. The van der Waals surface area contributed by atoms with E-state index in [0.717, 1.165) is 38.9 Å². The van der Waals surface area contributed by atoms with Crippen molar-refractivity contribution in [2.45, 2.75) is 19.3 Å². The fourth-order valence-corrected chi connectivity index (χ4v) is 2.58. The number of ketones is 1. The Labute approximate surface area is 116 Å². The molecule has 0 atom stereocenters. The second kappa shape index (κ2) is 7.41. The topological polar surface area (TPSA) is 32.3 Å². The van der Waals surface area contributed by atoms with Gasteiger partial charge in [-0.3, -0.25) is 9.69 Å². The minimum Gasteiger partial charge on any atom is -0.317 e. The average Bonchev–Trinajstić information content (AvgIpc) is 2.47. The van der Waals surface area contributed by atoms with Gasteiger partial charge in [0.2, 0.25) is 0 Å². The van der Waals surface area contributed by atoms with Gasteiger partial charge in [-0.25, -0.2) is 0 Å². The van der Waals surface area contributed by atoms with Crippen molar-refractivity contribution >= 4 is 5.78 Å². The van der Waals surface area contributed by atoms with Gasteiger partial charge in [0.25, 0.3) is 0 Å². The molecule has 1 aliphatic rings. The Morgan fingerprint density at radius 2 is 1.95 bits per heavy atom. The van der Waals surface area contributed by atoms with Crippen LogP contribution in [0.3, 0.4) is 0 Å². The predicted molar refractivity (Wildman–Crippen MR) is 78.2 cm³/mol. The van der Waals surface area contributed by atoms with Crippen LogP contribution < -0.4 is 5.32 Å². The van der Waals surface area contributed by atoms with Gasteiger partial charge in [-0.15, -0.1) is 0 Å². The molecule has 0 saturated carbocycles. The Balaban J connectivity index is 1.71. The molecule has 0 spiro atoms. The highest BCUT2D eigenvalue weighted by Gasteiger charge is 2.21. The molecule has 0 amide bonds. The van der Waals surface area contributed by atoms with Gasteiger partial charge in [0, 0.05) is 12.5 Å². The molecule has 0 aromatic heterocycles. The lowest BCUT2D eigenvalue weighted by Crippen LogP contribution is -2.37. The highest BCUT2D eigenvalue weighted by Crippen LogP contribution is 2.13. The van der Waals surface area contributed by atoms with Crippen LogP contribution in [0.25, 0.3) is 0 Å². The third kappa shape index (κ3) is 4.77. The number of nitrogens with zero attached hydrogens (tertiary/aromatic N) is 1. The standard InChI is InChI=1S/C16H24N2O/c1-18(12-9-14-5-3-2-4-6-14)13-16(19)15-7-10-17-11-8-15/h2-6,15,17H,7-13H2,1H3. The van der Waals surface area contributed by atoms with Gasteiger partial charge in [0.15, 0.2) is 0 Å². The Bertz CT molecular complexity index is 385. The molecule has 2 rings (SSSR count). The van der Waals surface area contributed by atoms with E-state index in [2.05, 4.69) is 34.5 Å². The van der Waals surface area contributed by atoms with Crippen LogP contribution in [0.2, 0.25) is 0 Å². The molecule has 0 unspecified atom stereocenters.